The predicted octanol–water partition coefficient (Wildman–Crippen LogP) is 1.13. The first-order valence-electron chi connectivity index (χ1n) is 4.34. The van der Waals surface area contributed by atoms with Gasteiger partial charge in [-0.15, -0.1) is 9.24 Å². The second-order valence-electron chi connectivity index (χ2n) is 3.83. The summed E-state index contributed by atoms with van der Waals surface area (Å²) in [6, 6.07) is 0. The second kappa shape index (κ2) is 3.41. The van der Waals surface area contributed by atoms with Crippen LogP contribution >= 0.6 is 9.24 Å². The zero-order valence-corrected chi connectivity index (χ0v) is 9.66. The van der Waals surface area contributed by atoms with Crippen LogP contribution in [0.2, 0.25) is 0 Å². The third-order valence-corrected chi connectivity index (χ3v) is 2.23. The lowest BCUT2D eigenvalue weighted by atomic mass is 9.98. The molecular formula is C8H15BFN2P. The highest BCUT2D eigenvalue weighted by molar-refractivity contribution is 7.21. The molecule has 0 aliphatic carbocycles. The number of aromatic nitrogens is 2. The Morgan fingerprint density at radius 2 is 2.23 bits per heavy atom. The van der Waals surface area contributed by atoms with Gasteiger partial charge < -0.3 is 4.57 Å². The summed E-state index contributed by atoms with van der Waals surface area (Å²) in [6.07, 6.45) is 1.74. The van der Waals surface area contributed by atoms with Crippen molar-refractivity contribution in [3.8, 4) is 0 Å². The van der Waals surface area contributed by atoms with Gasteiger partial charge in [-0.25, -0.2) is 9.37 Å². The smallest absolute Gasteiger partial charge is 0.163 e. The van der Waals surface area contributed by atoms with Crippen LogP contribution in [0.5, 0.6) is 0 Å². The lowest BCUT2D eigenvalue weighted by Crippen LogP contribution is -2.10. The van der Waals surface area contributed by atoms with Crippen LogP contribution in [0.4, 0.5) is 4.39 Å². The maximum atomic E-state index is 13.5. The largest absolute Gasteiger partial charge is 0.337 e. The predicted molar refractivity (Wildman–Crippen MR) is 58.3 cm³/mol. The minimum Gasteiger partial charge on any atom is -0.337 e. The van der Waals surface area contributed by atoms with Gasteiger partial charge in [0.2, 0.25) is 0 Å². The van der Waals surface area contributed by atoms with Crippen LogP contribution in [-0.2, 0) is 12.4 Å². The highest BCUT2D eigenvalue weighted by Crippen LogP contribution is 2.29. The van der Waals surface area contributed by atoms with E-state index >= 15 is 0 Å². The van der Waals surface area contributed by atoms with E-state index in [1.807, 2.05) is 25.5 Å². The van der Waals surface area contributed by atoms with Crippen LogP contribution in [-0.4, -0.2) is 17.4 Å². The fourth-order valence-electron chi connectivity index (χ4n) is 1.25. The molecule has 0 amide bonds. The molecule has 5 heteroatoms. The van der Waals surface area contributed by atoms with Gasteiger partial charge in [0.05, 0.1) is 5.69 Å². The van der Waals surface area contributed by atoms with Gasteiger partial charge >= 0.3 is 0 Å². The minimum absolute atomic E-state index is 0.325. The van der Waals surface area contributed by atoms with Gasteiger partial charge in [0.25, 0.3) is 0 Å². The zero-order valence-electron chi connectivity index (χ0n) is 8.50. The number of hydrogen-bond donors (Lipinski definition) is 0. The van der Waals surface area contributed by atoms with Crippen LogP contribution in [0.15, 0.2) is 6.20 Å². The second-order valence-corrected chi connectivity index (χ2v) is 4.91. The third-order valence-electron chi connectivity index (χ3n) is 1.93. The van der Waals surface area contributed by atoms with E-state index in [1.165, 1.54) is 7.85 Å². The molecule has 72 valence electrons. The summed E-state index contributed by atoms with van der Waals surface area (Å²) in [7, 11) is 5.54. The molecule has 0 radical (unpaired) electrons. The summed E-state index contributed by atoms with van der Waals surface area (Å²) < 4.78 is 15.3. The molecule has 0 aromatic carbocycles. The van der Waals surface area contributed by atoms with Crippen LogP contribution in [0.25, 0.3) is 0 Å². The van der Waals surface area contributed by atoms with Crippen LogP contribution in [0.1, 0.15) is 31.3 Å². The monoisotopic (exact) mass is 200 g/mol. The summed E-state index contributed by atoms with van der Waals surface area (Å²) in [6.45, 7) is 4.09. The van der Waals surface area contributed by atoms with Gasteiger partial charge in [0.1, 0.15) is 11.1 Å². The standard InChI is InChI=1S/C8H15BFN2P/c1-5(2)7-11-6(4-12(7)3)8(9,10)13/h4-5H,9,13H2,1-3H3. The van der Waals surface area contributed by atoms with Crippen molar-refractivity contribution < 1.29 is 4.39 Å². The Bertz CT molecular complexity index is 304. The molecule has 1 aromatic heterocycles. The number of imidazole rings is 1. The van der Waals surface area contributed by atoms with Crippen molar-refractivity contribution in [3.63, 3.8) is 0 Å². The number of aryl methyl sites for hydroxylation is 1. The molecule has 1 heterocycles. The third kappa shape index (κ3) is 2.31. The molecule has 0 bridgehead atoms. The minimum atomic E-state index is -1.43. The molecule has 0 aliphatic rings. The number of nitrogens with zero attached hydrogens (tertiary/aromatic N) is 2. The van der Waals surface area contributed by atoms with E-state index in [1.54, 1.807) is 6.20 Å². The fraction of sp³-hybridized carbons (Fsp3) is 0.625. The van der Waals surface area contributed by atoms with E-state index in [9.17, 15) is 4.39 Å². The lowest BCUT2D eigenvalue weighted by Gasteiger charge is -2.09. The maximum Gasteiger partial charge on any atom is 0.163 e. The van der Waals surface area contributed by atoms with Crippen molar-refractivity contribution in [2.45, 2.75) is 25.1 Å². The van der Waals surface area contributed by atoms with Crippen LogP contribution < -0.4 is 0 Å². The fourth-order valence-corrected chi connectivity index (χ4v) is 1.39. The van der Waals surface area contributed by atoms with Crippen molar-refractivity contribution in [1.82, 2.24) is 9.55 Å². The summed E-state index contributed by atoms with van der Waals surface area (Å²) in [4.78, 5) is 4.25. The summed E-state index contributed by atoms with van der Waals surface area (Å²) in [5.41, 5.74) is 0.476. The normalized spacial score (nSPS) is 16.2. The van der Waals surface area contributed by atoms with Gasteiger partial charge in [-0.2, -0.15) is 0 Å². The zero-order chi connectivity index (χ0) is 10.2. The first-order chi connectivity index (χ1) is 5.82. The topological polar surface area (TPSA) is 17.8 Å². The first-order valence-corrected chi connectivity index (χ1v) is 4.91. The van der Waals surface area contributed by atoms with Gasteiger partial charge in [-0.05, 0) is 0 Å². The SMILES string of the molecule is BC(F)(P)c1cn(C)c(C(C)C)n1. The lowest BCUT2D eigenvalue weighted by molar-refractivity contribution is 0.405. The molecule has 0 N–H and O–H groups in total. The molecule has 0 saturated carbocycles. The van der Waals surface area contributed by atoms with E-state index < -0.39 is 5.31 Å². The molecule has 13 heavy (non-hydrogen) atoms. The van der Waals surface area contributed by atoms with Crippen LogP contribution in [0.3, 0.4) is 0 Å². The summed E-state index contributed by atoms with van der Waals surface area (Å²) in [5.74, 6) is 1.24. The molecule has 1 rings (SSSR count). The molecule has 1 aromatic rings. The van der Waals surface area contributed by atoms with Crippen molar-refractivity contribution >= 4 is 17.1 Å². The Kier molecular flexibility index (Phi) is 2.81. The Hall–Kier alpha value is -0.365. The molecule has 0 fully saturated rings. The summed E-state index contributed by atoms with van der Waals surface area (Å²) in [5, 5.41) is -1.43. The molecular weight excluding hydrogens is 185 g/mol. The highest BCUT2D eigenvalue weighted by atomic mass is 31.0. The summed E-state index contributed by atoms with van der Waals surface area (Å²) >= 11 is 0. The molecule has 0 spiro atoms. The van der Waals surface area contributed by atoms with Gasteiger partial charge in [0, 0.05) is 19.2 Å². The van der Waals surface area contributed by atoms with E-state index in [0.717, 1.165) is 5.82 Å². The molecule has 2 unspecified atom stereocenters. The number of alkyl halides is 1. The average molecular weight is 200 g/mol. The molecule has 0 aliphatic heterocycles. The number of halogens is 1. The quantitative estimate of drug-likeness (QED) is 0.516. The van der Waals surface area contributed by atoms with Gasteiger partial charge in [0.15, 0.2) is 7.85 Å². The van der Waals surface area contributed by atoms with E-state index in [0.29, 0.717) is 11.6 Å². The van der Waals surface area contributed by atoms with Crippen LogP contribution in [0, 0.1) is 0 Å². The average Bonchev–Trinajstić information content (AvgIpc) is 2.29. The Morgan fingerprint density at radius 1 is 1.69 bits per heavy atom. The van der Waals surface area contributed by atoms with E-state index in [4.69, 9.17) is 0 Å². The number of hydrogen-bond acceptors (Lipinski definition) is 1. The number of rotatable bonds is 2. The highest BCUT2D eigenvalue weighted by Gasteiger charge is 2.23. The Labute approximate surface area is 81.5 Å². The Balaban J connectivity index is 3.10. The molecule has 2 nitrogen and oxygen atoms in total. The van der Waals surface area contributed by atoms with Crippen molar-refractivity contribution in [3.05, 3.63) is 17.7 Å². The maximum absolute atomic E-state index is 13.5. The van der Waals surface area contributed by atoms with E-state index in [2.05, 4.69) is 14.2 Å². The first kappa shape index (κ1) is 10.7. The van der Waals surface area contributed by atoms with Crippen molar-refractivity contribution in [1.29, 1.82) is 0 Å². The van der Waals surface area contributed by atoms with Gasteiger partial charge in [-0.3, -0.25) is 0 Å². The van der Waals surface area contributed by atoms with Crippen molar-refractivity contribution in [2.75, 3.05) is 0 Å². The van der Waals surface area contributed by atoms with E-state index in [-0.39, 0.29) is 0 Å². The Morgan fingerprint density at radius 3 is 2.46 bits per heavy atom. The molecule has 0 saturated heterocycles. The van der Waals surface area contributed by atoms with Gasteiger partial charge in [-0.1, -0.05) is 13.8 Å². The molecule has 2 atom stereocenters. The van der Waals surface area contributed by atoms with Crippen molar-refractivity contribution in [2.24, 2.45) is 7.05 Å².